The molecule has 1 aliphatic heterocycles. The second kappa shape index (κ2) is 4.28. The summed E-state index contributed by atoms with van der Waals surface area (Å²) in [6.45, 7) is 4.92. The predicted octanol–water partition coefficient (Wildman–Crippen LogP) is 1.75. The summed E-state index contributed by atoms with van der Waals surface area (Å²) < 4.78 is 6.27. The molecule has 0 aliphatic carbocycles. The van der Waals surface area contributed by atoms with Gasteiger partial charge in [0.1, 0.15) is 10.5 Å². The van der Waals surface area contributed by atoms with Gasteiger partial charge in [-0.1, -0.05) is 30.9 Å². The van der Waals surface area contributed by atoms with Gasteiger partial charge in [-0.2, -0.15) is 0 Å². The molecule has 0 amide bonds. The summed E-state index contributed by atoms with van der Waals surface area (Å²) >= 11 is 6.76. The van der Waals surface area contributed by atoms with Crippen LogP contribution in [0.4, 0.5) is 0 Å². The summed E-state index contributed by atoms with van der Waals surface area (Å²) in [6, 6.07) is 0. The highest BCUT2D eigenvalue weighted by molar-refractivity contribution is 8.23. The molecule has 0 spiro atoms. The molecule has 0 unspecified atom stereocenters. The van der Waals surface area contributed by atoms with Crippen molar-refractivity contribution in [2.24, 2.45) is 0 Å². The number of hydrogen-bond acceptors (Lipinski definition) is 3. The van der Waals surface area contributed by atoms with Gasteiger partial charge in [-0.05, 0) is 6.92 Å². The lowest BCUT2D eigenvalue weighted by Crippen LogP contribution is -2.41. The van der Waals surface area contributed by atoms with Crippen molar-refractivity contribution < 1.29 is 4.74 Å². The zero-order valence-electron chi connectivity index (χ0n) is 6.79. The molecule has 64 valence electrons. The molecule has 0 saturated carbocycles. The Hall–Kier alpha value is 0.200. The Morgan fingerprint density at radius 3 is 3.09 bits per heavy atom. The van der Waals surface area contributed by atoms with Crippen molar-refractivity contribution in [3.63, 3.8) is 0 Å². The minimum absolute atomic E-state index is 0.142. The van der Waals surface area contributed by atoms with Gasteiger partial charge in [0, 0.05) is 18.3 Å². The monoisotopic (exact) mass is 191 g/mol. The first-order chi connectivity index (χ1) is 5.22. The van der Waals surface area contributed by atoms with Crippen molar-refractivity contribution in [1.82, 2.24) is 5.32 Å². The third-order valence-electron chi connectivity index (χ3n) is 1.50. The fraction of sp³-hybridized carbons (Fsp3) is 0.857. The molecule has 2 atom stereocenters. The molecule has 0 aromatic heterocycles. The summed E-state index contributed by atoms with van der Waals surface area (Å²) in [7, 11) is 0. The molecular formula is C7H13NOS2. The maximum absolute atomic E-state index is 5.41. The highest BCUT2D eigenvalue weighted by Gasteiger charge is 2.21. The Morgan fingerprint density at radius 2 is 2.55 bits per heavy atom. The summed E-state index contributed by atoms with van der Waals surface area (Å²) in [5.41, 5.74) is 0. The summed E-state index contributed by atoms with van der Waals surface area (Å²) in [5.74, 6) is 0. The third kappa shape index (κ3) is 2.97. The van der Waals surface area contributed by atoms with Gasteiger partial charge in [0.05, 0.1) is 0 Å². The van der Waals surface area contributed by atoms with Gasteiger partial charge in [0.2, 0.25) is 0 Å². The molecule has 11 heavy (non-hydrogen) atoms. The van der Waals surface area contributed by atoms with Gasteiger partial charge < -0.3 is 10.1 Å². The van der Waals surface area contributed by atoms with Crippen LogP contribution in [-0.4, -0.2) is 22.4 Å². The van der Waals surface area contributed by atoms with E-state index in [2.05, 4.69) is 12.2 Å². The molecule has 1 fully saturated rings. The average Bonchev–Trinajstić information content (AvgIpc) is 1.85. The van der Waals surface area contributed by atoms with E-state index in [1.165, 1.54) is 0 Å². The first-order valence-electron chi connectivity index (χ1n) is 3.81. The number of rotatable bonds is 2. The van der Waals surface area contributed by atoms with Crippen molar-refractivity contribution in [2.45, 2.75) is 31.7 Å². The van der Waals surface area contributed by atoms with E-state index in [9.17, 15) is 0 Å². The lowest BCUT2D eigenvalue weighted by Gasteiger charge is -2.28. The second-order valence-corrected chi connectivity index (χ2v) is 4.66. The van der Waals surface area contributed by atoms with Crippen LogP contribution in [-0.2, 0) is 4.74 Å². The Bertz CT molecular complexity index is 151. The van der Waals surface area contributed by atoms with Gasteiger partial charge in [-0.3, -0.25) is 0 Å². The van der Waals surface area contributed by atoms with Gasteiger partial charge in [-0.25, -0.2) is 0 Å². The van der Waals surface area contributed by atoms with Gasteiger partial charge >= 0.3 is 0 Å². The van der Waals surface area contributed by atoms with E-state index in [-0.39, 0.29) is 6.23 Å². The van der Waals surface area contributed by atoms with Crippen molar-refractivity contribution in [3.05, 3.63) is 0 Å². The van der Waals surface area contributed by atoms with Crippen LogP contribution in [0.25, 0.3) is 0 Å². The maximum atomic E-state index is 5.41. The minimum atomic E-state index is 0.142. The molecule has 1 N–H and O–H groups in total. The molecule has 0 aromatic carbocycles. The van der Waals surface area contributed by atoms with Crippen molar-refractivity contribution >= 4 is 28.3 Å². The zero-order chi connectivity index (χ0) is 8.27. The molecule has 0 bridgehead atoms. The first-order valence-corrected chi connectivity index (χ1v) is 5.10. The number of hydrogen-bond donors (Lipinski definition) is 1. The maximum Gasteiger partial charge on any atom is 0.136 e. The molecule has 0 radical (unpaired) electrons. The molecule has 0 aromatic rings. The lowest BCUT2D eigenvalue weighted by atomic mass is 10.3. The van der Waals surface area contributed by atoms with Crippen molar-refractivity contribution in [2.75, 3.05) is 6.61 Å². The molecule has 2 nitrogen and oxygen atoms in total. The number of thioether (sulfide) groups is 1. The van der Waals surface area contributed by atoms with E-state index >= 15 is 0 Å². The minimum Gasteiger partial charge on any atom is -0.359 e. The second-order valence-electron chi connectivity index (χ2n) is 2.54. The average molecular weight is 191 g/mol. The van der Waals surface area contributed by atoms with Gasteiger partial charge in [0.25, 0.3) is 0 Å². The van der Waals surface area contributed by atoms with E-state index < -0.39 is 0 Å². The zero-order valence-corrected chi connectivity index (χ0v) is 8.43. The summed E-state index contributed by atoms with van der Waals surface area (Å²) in [4.78, 5) is 0. The Kier molecular flexibility index (Phi) is 3.62. The van der Waals surface area contributed by atoms with Crippen LogP contribution >= 0.6 is 24.0 Å². The fourth-order valence-corrected chi connectivity index (χ4v) is 2.53. The third-order valence-corrected chi connectivity index (χ3v) is 2.83. The molecule has 1 heterocycles. The van der Waals surface area contributed by atoms with Crippen molar-refractivity contribution in [3.8, 4) is 0 Å². The number of ether oxygens (including phenoxy) is 1. The van der Waals surface area contributed by atoms with Crippen LogP contribution in [0.3, 0.4) is 0 Å². The Morgan fingerprint density at radius 1 is 1.82 bits per heavy atom. The van der Waals surface area contributed by atoms with E-state index in [4.69, 9.17) is 17.0 Å². The first kappa shape index (κ1) is 9.29. The number of nitrogens with one attached hydrogen (secondary N) is 1. The Balaban J connectivity index is 2.36. The van der Waals surface area contributed by atoms with Crippen LogP contribution < -0.4 is 5.32 Å². The quantitative estimate of drug-likeness (QED) is 0.671. The number of thiocarbonyl (C=S) groups is 1. The highest BCUT2D eigenvalue weighted by atomic mass is 32.2. The molecule has 1 saturated heterocycles. The van der Waals surface area contributed by atoms with Gasteiger partial charge in [-0.15, -0.1) is 0 Å². The van der Waals surface area contributed by atoms with Crippen LogP contribution in [0.5, 0.6) is 0 Å². The molecule has 4 heteroatoms. The fourth-order valence-electron chi connectivity index (χ4n) is 1.07. The molecule has 1 rings (SSSR count). The lowest BCUT2D eigenvalue weighted by molar-refractivity contribution is 0.0467. The van der Waals surface area contributed by atoms with E-state index in [0.717, 1.165) is 17.3 Å². The SMILES string of the molecule is CCO[C@@H]1C[C@@H](C)SC(=S)N1. The molecule has 1 aliphatic rings. The standard InChI is InChI=1S/C7H13NOS2/c1-3-9-6-4-5(2)11-7(10)8-6/h5-6H,3-4H2,1-2H3,(H,8,10)/t5-,6-/m1/s1. The van der Waals surface area contributed by atoms with Crippen LogP contribution in [0.1, 0.15) is 20.3 Å². The van der Waals surface area contributed by atoms with Crippen LogP contribution in [0.15, 0.2) is 0 Å². The summed E-state index contributed by atoms with van der Waals surface area (Å²) in [6.07, 6.45) is 1.18. The largest absolute Gasteiger partial charge is 0.359 e. The predicted molar refractivity (Wildman–Crippen MR) is 52.8 cm³/mol. The van der Waals surface area contributed by atoms with E-state index in [1.807, 2.05) is 6.92 Å². The topological polar surface area (TPSA) is 21.3 Å². The Labute approximate surface area is 77.1 Å². The van der Waals surface area contributed by atoms with Crippen LogP contribution in [0, 0.1) is 0 Å². The van der Waals surface area contributed by atoms with Crippen LogP contribution in [0.2, 0.25) is 0 Å². The molecular weight excluding hydrogens is 178 g/mol. The summed E-state index contributed by atoms with van der Waals surface area (Å²) in [5, 5.41) is 3.70. The highest BCUT2D eigenvalue weighted by Crippen LogP contribution is 2.22. The van der Waals surface area contributed by atoms with Gasteiger partial charge in [0.15, 0.2) is 0 Å². The normalized spacial score (nSPS) is 31.6. The smallest absolute Gasteiger partial charge is 0.136 e. The van der Waals surface area contributed by atoms with Crippen molar-refractivity contribution in [1.29, 1.82) is 0 Å². The van der Waals surface area contributed by atoms with E-state index in [0.29, 0.717) is 5.25 Å². The van der Waals surface area contributed by atoms with E-state index in [1.54, 1.807) is 11.8 Å².